The maximum absolute atomic E-state index is 13.1. The summed E-state index contributed by atoms with van der Waals surface area (Å²) in [6, 6.07) is 13.8. The first-order chi connectivity index (χ1) is 13.4. The fourth-order valence-corrected chi connectivity index (χ4v) is 3.28. The Kier molecular flexibility index (Phi) is 6.26. The van der Waals surface area contributed by atoms with Gasteiger partial charge < -0.3 is 14.5 Å². The van der Waals surface area contributed by atoms with Crippen molar-refractivity contribution in [2.75, 3.05) is 32.1 Å². The molecule has 2 aromatic carbocycles. The number of anilines is 1. The average molecular weight is 383 g/mol. The van der Waals surface area contributed by atoms with Crippen LogP contribution >= 0.6 is 0 Å². The molecule has 0 aromatic heterocycles. The van der Waals surface area contributed by atoms with E-state index >= 15 is 0 Å². The van der Waals surface area contributed by atoms with Crippen LogP contribution in [0.15, 0.2) is 48.5 Å². The minimum absolute atomic E-state index is 0.0264. The molecule has 7 nitrogen and oxygen atoms in total. The van der Waals surface area contributed by atoms with Crippen molar-refractivity contribution in [2.45, 2.75) is 25.5 Å². The second kappa shape index (κ2) is 8.84. The van der Waals surface area contributed by atoms with E-state index in [1.54, 1.807) is 4.90 Å². The fraction of sp³-hybridized carbons (Fsp3) is 0.381. The maximum atomic E-state index is 13.1. The third kappa shape index (κ3) is 4.86. The number of hydrogen-bond donors (Lipinski definition) is 0. The first-order valence-electron chi connectivity index (χ1n) is 9.35. The lowest BCUT2D eigenvalue weighted by atomic mass is 10.1. The maximum Gasteiger partial charge on any atom is 0.269 e. The lowest BCUT2D eigenvalue weighted by Crippen LogP contribution is -2.37. The van der Waals surface area contributed by atoms with Gasteiger partial charge in [-0.25, -0.2) is 0 Å². The number of nitrogens with zero attached hydrogens (tertiary/aromatic N) is 3. The Labute approximate surface area is 164 Å². The Morgan fingerprint density at radius 3 is 2.36 bits per heavy atom. The first kappa shape index (κ1) is 19.8. The highest BCUT2D eigenvalue weighted by molar-refractivity contribution is 5.94. The summed E-state index contributed by atoms with van der Waals surface area (Å²) in [6.07, 6.45) is 1.97. The Morgan fingerprint density at radius 2 is 1.82 bits per heavy atom. The van der Waals surface area contributed by atoms with Crippen molar-refractivity contribution in [1.29, 1.82) is 0 Å². The van der Waals surface area contributed by atoms with Crippen molar-refractivity contribution < 1.29 is 14.5 Å². The first-order valence-corrected chi connectivity index (χ1v) is 9.35. The molecule has 2 aromatic rings. The molecule has 0 bridgehead atoms. The highest BCUT2D eigenvalue weighted by Crippen LogP contribution is 2.20. The van der Waals surface area contributed by atoms with Crippen LogP contribution in [0.25, 0.3) is 0 Å². The second-order valence-electron chi connectivity index (χ2n) is 7.19. The minimum Gasteiger partial charge on any atom is -0.378 e. The van der Waals surface area contributed by atoms with Crippen molar-refractivity contribution in [3.8, 4) is 0 Å². The molecule has 1 heterocycles. The van der Waals surface area contributed by atoms with Crippen molar-refractivity contribution in [2.24, 2.45) is 0 Å². The van der Waals surface area contributed by atoms with E-state index in [1.165, 1.54) is 24.3 Å². The Bertz CT molecular complexity index is 813. The molecule has 1 amide bonds. The molecule has 7 heteroatoms. The number of carbonyl (C=O) groups excluding carboxylic acids is 1. The molecule has 1 saturated heterocycles. The van der Waals surface area contributed by atoms with Gasteiger partial charge in [-0.1, -0.05) is 12.1 Å². The van der Waals surface area contributed by atoms with Crippen molar-refractivity contribution >= 4 is 17.3 Å². The quantitative estimate of drug-likeness (QED) is 0.540. The topological polar surface area (TPSA) is 75.9 Å². The van der Waals surface area contributed by atoms with E-state index < -0.39 is 4.92 Å². The van der Waals surface area contributed by atoms with E-state index in [4.69, 9.17) is 4.74 Å². The molecule has 3 rings (SSSR count). The van der Waals surface area contributed by atoms with E-state index in [9.17, 15) is 14.9 Å². The molecular weight excluding hydrogens is 358 g/mol. The zero-order chi connectivity index (χ0) is 20.1. The zero-order valence-electron chi connectivity index (χ0n) is 16.2. The Balaban J connectivity index is 1.78. The van der Waals surface area contributed by atoms with Crippen LogP contribution in [0.4, 0.5) is 11.4 Å². The predicted molar refractivity (Wildman–Crippen MR) is 108 cm³/mol. The smallest absolute Gasteiger partial charge is 0.269 e. The van der Waals surface area contributed by atoms with E-state index in [1.807, 2.05) is 43.3 Å². The summed E-state index contributed by atoms with van der Waals surface area (Å²) in [5, 5.41) is 10.9. The van der Waals surface area contributed by atoms with Crippen LogP contribution in [-0.4, -0.2) is 49.1 Å². The van der Waals surface area contributed by atoms with Crippen molar-refractivity contribution in [3.63, 3.8) is 0 Å². The molecule has 0 N–H and O–H groups in total. The molecule has 148 valence electrons. The second-order valence-corrected chi connectivity index (χ2v) is 7.19. The Morgan fingerprint density at radius 1 is 1.14 bits per heavy atom. The molecule has 1 aliphatic heterocycles. The number of carbonyl (C=O) groups is 1. The van der Waals surface area contributed by atoms with Gasteiger partial charge in [0.05, 0.1) is 11.0 Å². The molecule has 0 spiro atoms. The number of non-ortho nitro benzene ring substituents is 1. The normalized spacial score (nSPS) is 16.0. The van der Waals surface area contributed by atoms with E-state index in [-0.39, 0.29) is 17.7 Å². The molecule has 28 heavy (non-hydrogen) atoms. The van der Waals surface area contributed by atoms with Gasteiger partial charge in [0, 0.05) is 57.2 Å². The van der Waals surface area contributed by atoms with Crippen LogP contribution in [0, 0.1) is 10.1 Å². The van der Waals surface area contributed by atoms with Crippen LogP contribution in [0.3, 0.4) is 0 Å². The van der Waals surface area contributed by atoms with Gasteiger partial charge >= 0.3 is 0 Å². The molecule has 0 unspecified atom stereocenters. The number of benzene rings is 2. The summed E-state index contributed by atoms with van der Waals surface area (Å²) < 4.78 is 5.72. The van der Waals surface area contributed by atoms with Gasteiger partial charge in [-0.3, -0.25) is 14.9 Å². The van der Waals surface area contributed by atoms with Gasteiger partial charge in [-0.05, 0) is 42.7 Å². The summed E-state index contributed by atoms with van der Waals surface area (Å²) in [5.41, 5.74) is 2.53. The Hall–Kier alpha value is -2.93. The lowest BCUT2D eigenvalue weighted by Gasteiger charge is -2.26. The van der Waals surface area contributed by atoms with Gasteiger partial charge in [-0.2, -0.15) is 0 Å². The monoisotopic (exact) mass is 383 g/mol. The lowest BCUT2D eigenvalue weighted by molar-refractivity contribution is -0.384. The highest BCUT2D eigenvalue weighted by Gasteiger charge is 2.24. The van der Waals surface area contributed by atoms with Gasteiger partial charge in [0.1, 0.15) is 0 Å². The average Bonchev–Trinajstić information content (AvgIpc) is 3.20. The summed E-state index contributed by atoms with van der Waals surface area (Å²) in [4.78, 5) is 27.3. The van der Waals surface area contributed by atoms with Crippen LogP contribution in [0.5, 0.6) is 0 Å². The van der Waals surface area contributed by atoms with Crippen LogP contribution in [0.1, 0.15) is 28.8 Å². The van der Waals surface area contributed by atoms with E-state index in [0.29, 0.717) is 18.7 Å². The number of nitro groups is 1. The molecule has 1 fully saturated rings. The number of nitro benzene ring substituents is 1. The van der Waals surface area contributed by atoms with Crippen molar-refractivity contribution in [1.82, 2.24) is 4.90 Å². The number of amides is 1. The number of rotatable bonds is 7. The summed E-state index contributed by atoms with van der Waals surface area (Å²) >= 11 is 0. The summed E-state index contributed by atoms with van der Waals surface area (Å²) in [7, 11) is 3.97. The third-order valence-electron chi connectivity index (χ3n) is 4.89. The van der Waals surface area contributed by atoms with Gasteiger partial charge in [-0.15, -0.1) is 0 Å². The molecule has 0 aliphatic carbocycles. The number of hydrogen-bond acceptors (Lipinski definition) is 5. The van der Waals surface area contributed by atoms with Crippen LogP contribution in [-0.2, 0) is 11.3 Å². The number of ether oxygens (including phenoxy) is 1. The van der Waals surface area contributed by atoms with Crippen LogP contribution < -0.4 is 4.90 Å². The van der Waals surface area contributed by atoms with Crippen molar-refractivity contribution in [3.05, 3.63) is 69.8 Å². The minimum atomic E-state index is -0.468. The van der Waals surface area contributed by atoms with Gasteiger partial charge in [0.25, 0.3) is 11.6 Å². The third-order valence-corrected chi connectivity index (χ3v) is 4.89. The molecule has 1 aliphatic rings. The van der Waals surface area contributed by atoms with E-state index in [2.05, 4.69) is 0 Å². The highest BCUT2D eigenvalue weighted by atomic mass is 16.6. The fourth-order valence-electron chi connectivity index (χ4n) is 3.28. The predicted octanol–water partition coefficient (Wildman–Crippen LogP) is 3.48. The molecule has 0 radical (unpaired) electrons. The largest absolute Gasteiger partial charge is 0.378 e. The summed E-state index contributed by atoms with van der Waals surface area (Å²) in [6.45, 7) is 1.69. The van der Waals surface area contributed by atoms with Crippen LogP contribution in [0.2, 0.25) is 0 Å². The van der Waals surface area contributed by atoms with Gasteiger partial charge in [0.15, 0.2) is 0 Å². The van der Waals surface area contributed by atoms with E-state index in [0.717, 1.165) is 30.7 Å². The summed E-state index contributed by atoms with van der Waals surface area (Å²) in [5.74, 6) is -0.151. The van der Waals surface area contributed by atoms with Gasteiger partial charge in [0.2, 0.25) is 0 Å². The molecule has 0 saturated carbocycles. The molecular formula is C21H25N3O4. The zero-order valence-corrected chi connectivity index (χ0v) is 16.2. The molecule has 1 atom stereocenters. The SMILES string of the molecule is CN(C)c1ccc(CN(C[C@@H]2CCCO2)C(=O)c2ccc([N+](=O)[O-])cc2)cc1. The standard InChI is InChI=1S/C21H25N3O4/c1-22(2)18-9-5-16(6-10-18)14-23(15-20-4-3-13-28-20)21(25)17-7-11-19(12-8-17)24(26)27/h5-12,20H,3-4,13-15H2,1-2H3/t20-/m0/s1.